The zero-order chi connectivity index (χ0) is 17.6. The highest BCUT2D eigenvalue weighted by Crippen LogP contribution is 2.33. The second kappa shape index (κ2) is 8.31. The lowest BCUT2D eigenvalue weighted by Gasteiger charge is -2.26. The van der Waals surface area contributed by atoms with Crippen molar-refractivity contribution >= 4 is 17.5 Å². The van der Waals surface area contributed by atoms with Gasteiger partial charge in [0.25, 0.3) is 0 Å². The first kappa shape index (κ1) is 17.7. The molecule has 0 unspecified atom stereocenters. The normalized spacial score (nSPS) is 25.1. The van der Waals surface area contributed by atoms with Crippen molar-refractivity contribution in [2.75, 3.05) is 38.3 Å². The number of nitrogens with one attached hydrogen (secondary N) is 2. The Bertz CT molecular complexity index is 621. The first-order valence-electron chi connectivity index (χ1n) is 8.61. The van der Waals surface area contributed by atoms with Crippen LogP contribution < -0.4 is 15.4 Å². The van der Waals surface area contributed by atoms with Gasteiger partial charge in [-0.2, -0.15) is 0 Å². The van der Waals surface area contributed by atoms with E-state index in [0.29, 0.717) is 50.3 Å². The van der Waals surface area contributed by atoms with E-state index in [1.165, 1.54) is 6.92 Å². The Morgan fingerprint density at radius 3 is 3.04 bits per heavy atom. The van der Waals surface area contributed by atoms with Crippen LogP contribution in [0.15, 0.2) is 24.3 Å². The molecule has 2 amide bonds. The van der Waals surface area contributed by atoms with Gasteiger partial charge in [0.1, 0.15) is 18.5 Å². The van der Waals surface area contributed by atoms with Gasteiger partial charge in [0, 0.05) is 37.1 Å². The van der Waals surface area contributed by atoms with Crippen LogP contribution in [-0.2, 0) is 19.1 Å². The van der Waals surface area contributed by atoms with Gasteiger partial charge in [-0.15, -0.1) is 0 Å². The molecule has 3 rings (SSSR count). The van der Waals surface area contributed by atoms with Crippen LogP contribution in [0.1, 0.15) is 13.3 Å². The van der Waals surface area contributed by atoms with Crippen molar-refractivity contribution in [1.29, 1.82) is 0 Å². The number of benzene rings is 1. The highest BCUT2D eigenvalue weighted by molar-refractivity contribution is 5.88. The van der Waals surface area contributed by atoms with Crippen molar-refractivity contribution in [3.63, 3.8) is 0 Å². The zero-order valence-electron chi connectivity index (χ0n) is 14.3. The van der Waals surface area contributed by atoms with Crippen molar-refractivity contribution in [3.05, 3.63) is 24.3 Å². The summed E-state index contributed by atoms with van der Waals surface area (Å²) in [7, 11) is 0. The average molecular weight is 348 g/mol. The van der Waals surface area contributed by atoms with E-state index in [9.17, 15) is 9.59 Å². The summed E-state index contributed by atoms with van der Waals surface area (Å²) in [5.74, 6) is 1.01. The summed E-state index contributed by atoms with van der Waals surface area (Å²) in [6.07, 6.45) is 0.492. The van der Waals surface area contributed by atoms with Gasteiger partial charge in [0.15, 0.2) is 0 Å². The molecule has 25 heavy (non-hydrogen) atoms. The number of amides is 2. The van der Waals surface area contributed by atoms with E-state index in [-0.39, 0.29) is 23.8 Å². The van der Waals surface area contributed by atoms with Crippen molar-refractivity contribution in [2.24, 2.45) is 11.8 Å². The van der Waals surface area contributed by atoms with Crippen LogP contribution in [0.25, 0.3) is 0 Å². The highest BCUT2D eigenvalue weighted by Gasteiger charge is 2.42. The van der Waals surface area contributed by atoms with Gasteiger partial charge in [0.05, 0.1) is 19.8 Å². The third kappa shape index (κ3) is 4.70. The van der Waals surface area contributed by atoms with Gasteiger partial charge >= 0.3 is 0 Å². The Balaban J connectivity index is 1.41. The Labute approximate surface area is 147 Å². The molecule has 0 aromatic heterocycles. The maximum atomic E-state index is 12.3. The van der Waals surface area contributed by atoms with Crippen molar-refractivity contribution in [1.82, 2.24) is 5.32 Å². The van der Waals surface area contributed by atoms with Crippen LogP contribution in [0.4, 0.5) is 5.69 Å². The van der Waals surface area contributed by atoms with Crippen molar-refractivity contribution < 1.29 is 23.8 Å². The van der Waals surface area contributed by atoms with Gasteiger partial charge < -0.3 is 24.8 Å². The fourth-order valence-corrected chi connectivity index (χ4v) is 3.32. The molecule has 2 fully saturated rings. The predicted molar refractivity (Wildman–Crippen MR) is 91.4 cm³/mol. The van der Waals surface area contributed by atoms with Crippen LogP contribution in [0.2, 0.25) is 0 Å². The molecule has 1 aromatic carbocycles. The van der Waals surface area contributed by atoms with E-state index in [1.807, 2.05) is 0 Å². The molecular weight excluding hydrogens is 324 g/mol. The first-order chi connectivity index (χ1) is 12.1. The lowest BCUT2D eigenvalue weighted by molar-refractivity contribution is -0.132. The monoisotopic (exact) mass is 348 g/mol. The fourth-order valence-electron chi connectivity index (χ4n) is 3.32. The van der Waals surface area contributed by atoms with E-state index in [4.69, 9.17) is 14.2 Å². The Hall–Kier alpha value is -2.12. The SMILES string of the molecule is CC(=O)Nc1cccc(OCCNC(=O)[C@@H]2OC[C@@H]3COCC[C@@H]32)c1. The van der Waals surface area contributed by atoms with Crippen LogP contribution in [0.3, 0.4) is 0 Å². The van der Waals surface area contributed by atoms with Gasteiger partial charge in [-0.05, 0) is 18.6 Å². The summed E-state index contributed by atoms with van der Waals surface area (Å²) in [6, 6.07) is 7.14. The fraction of sp³-hybridized carbons (Fsp3) is 0.556. The molecule has 7 heteroatoms. The van der Waals surface area contributed by atoms with E-state index in [0.717, 1.165) is 6.42 Å². The Morgan fingerprint density at radius 2 is 2.20 bits per heavy atom. The number of ether oxygens (including phenoxy) is 3. The third-order valence-electron chi connectivity index (χ3n) is 4.49. The molecule has 3 atom stereocenters. The molecule has 7 nitrogen and oxygen atoms in total. The highest BCUT2D eigenvalue weighted by atomic mass is 16.5. The van der Waals surface area contributed by atoms with E-state index >= 15 is 0 Å². The maximum Gasteiger partial charge on any atom is 0.249 e. The molecule has 2 heterocycles. The molecule has 0 saturated carbocycles. The third-order valence-corrected chi connectivity index (χ3v) is 4.49. The van der Waals surface area contributed by atoms with Crippen LogP contribution >= 0.6 is 0 Å². The van der Waals surface area contributed by atoms with Crippen molar-refractivity contribution in [3.8, 4) is 5.75 Å². The zero-order valence-corrected chi connectivity index (χ0v) is 14.3. The lowest BCUT2D eigenvalue weighted by atomic mass is 9.87. The Morgan fingerprint density at radius 1 is 1.32 bits per heavy atom. The van der Waals surface area contributed by atoms with Gasteiger partial charge in [-0.3, -0.25) is 9.59 Å². The second-order valence-corrected chi connectivity index (χ2v) is 6.39. The summed E-state index contributed by atoms with van der Waals surface area (Å²) < 4.78 is 16.7. The smallest absolute Gasteiger partial charge is 0.249 e. The Kier molecular flexibility index (Phi) is 5.88. The molecule has 2 aliphatic heterocycles. The largest absolute Gasteiger partial charge is 0.492 e. The minimum absolute atomic E-state index is 0.0787. The topological polar surface area (TPSA) is 85.9 Å². The lowest BCUT2D eigenvalue weighted by Crippen LogP contribution is -2.42. The molecule has 136 valence electrons. The van der Waals surface area contributed by atoms with E-state index in [1.54, 1.807) is 24.3 Å². The molecule has 2 N–H and O–H groups in total. The summed E-state index contributed by atoms with van der Waals surface area (Å²) >= 11 is 0. The molecule has 1 aromatic rings. The molecular formula is C18H24N2O5. The number of hydrogen-bond acceptors (Lipinski definition) is 5. The number of anilines is 1. The summed E-state index contributed by atoms with van der Waals surface area (Å²) in [5.41, 5.74) is 0.680. The van der Waals surface area contributed by atoms with Crippen molar-refractivity contribution in [2.45, 2.75) is 19.4 Å². The molecule has 0 spiro atoms. The first-order valence-corrected chi connectivity index (χ1v) is 8.61. The average Bonchev–Trinajstić information content (AvgIpc) is 3.02. The summed E-state index contributed by atoms with van der Waals surface area (Å²) in [4.78, 5) is 23.4. The summed E-state index contributed by atoms with van der Waals surface area (Å²) in [5, 5.41) is 5.58. The van der Waals surface area contributed by atoms with E-state index in [2.05, 4.69) is 10.6 Å². The standard InChI is InChI=1S/C18H24N2O5/c1-12(21)20-14-3-2-4-15(9-14)24-8-6-19-18(22)17-16-5-7-23-10-13(16)11-25-17/h2-4,9,13,16-17H,5-8,10-11H2,1H3,(H,19,22)(H,20,21)/t13-,16-,17+/m0/s1. The van der Waals surface area contributed by atoms with Gasteiger partial charge in [0.2, 0.25) is 11.8 Å². The maximum absolute atomic E-state index is 12.3. The number of hydrogen-bond donors (Lipinski definition) is 2. The molecule has 2 aliphatic rings. The molecule has 0 aliphatic carbocycles. The number of fused-ring (bicyclic) bond motifs is 1. The predicted octanol–water partition coefficient (Wildman–Crippen LogP) is 1.19. The van der Waals surface area contributed by atoms with Crippen LogP contribution in [0, 0.1) is 11.8 Å². The molecule has 2 saturated heterocycles. The summed E-state index contributed by atoms with van der Waals surface area (Å²) in [6.45, 7) is 4.17. The minimum atomic E-state index is -0.378. The van der Waals surface area contributed by atoms with E-state index < -0.39 is 0 Å². The number of carbonyl (C=O) groups excluding carboxylic acids is 2. The molecule has 0 radical (unpaired) electrons. The second-order valence-electron chi connectivity index (χ2n) is 6.39. The minimum Gasteiger partial charge on any atom is -0.492 e. The van der Waals surface area contributed by atoms with Crippen LogP contribution in [-0.4, -0.2) is 50.9 Å². The number of carbonyl (C=O) groups is 2. The van der Waals surface area contributed by atoms with Gasteiger partial charge in [-0.25, -0.2) is 0 Å². The van der Waals surface area contributed by atoms with Gasteiger partial charge in [-0.1, -0.05) is 6.07 Å². The number of rotatable bonds is 6. The quantitative estimate of drug-likeness (QED) is 0.755. The molecule has 0 bridgehead atoms. The van der Waals surface area contributed by atoms with Crippen LogP contribution in [0.5, 0.6) is 5.75 Å².